The van der Waals surface area contributed by atoms with Crippen LogP contribution in [0, 0.1) is 12.8 Å². The molecule has 96 valence electrons. The maximum absolute atomic E-state index is 6.16. The van der Waals surface area contributed by atoms with Gasteiger partial charge in [-0.15, -0.1) is 0 Å². The molecule has 0 unspecified atom stereocenters. The quantitative estimate of drug-likeness (QED) is 0.849. The minimum Gasteiger partial charge on any atom is -0.361 e. The number of H-pyrrole nitrogens is 1. The average molecular weight is 263 g/mol. The number of aryl methyl sites for hydroxylation is 1. The monoisotopic (exact) mass is 262 g/mol. The first-order valence-corrected chi connectivity index (χ1v) is 7.09. The topological polar surface area (TPSA) is 27.8 Å². The summed E-state index contributed by atoms with van der Waals surface area (Å²) in [5.41, 5.74) is 3.80. The van der Waals surface area contributed by atoms with Crippen molar-refractivity contribution in [2.24, 2.45) is 5.92 Å². The van der Waals surface area contributed by atoms with Crippen LogP contribution in [0.4, 0.5) is 0 Å². The van der Waals surface area contributed by atoms with Crippen LogP contribution in [0.5, 0.6) is 0 Å². The minimum absolute atomic E-state index is 0.821. The van der Waals surface area contributed by atoms with Crippen molar-refractivity contribution in [2.75, 3.05) is 13.1 Å². The van der Waals surface area contributed by atoms with Crippen molar-refractivity contribution in [3.63, 3.8) is 0 Å². The smallest absolute Gasteiger partial charge is 0.0501 e. The highest BCUT2D eigenvalue weighted by atomic mass is 35.5. The van der Waals surface area contributed by atoms with Crippen LogP contribution in [0.25, 0.3) is 10.9 Å². The Bertz CT molecular complexity index is 553. The molecule has 2 N–H and O–H groups in total. The summed E-state index contributed by atoms with van der Waals surface area (Å²) in [5, 5.41) is 5.61. The Hall–Kier alpha value is -0.990. The first-order valence-electron chi connectivity index (χ1n) is 6.71. The normalized spacial score (nSPS) is 17.4. The van der Waals surface area contributed by atoms with E-state index in [0.717, 1.165) is 29.6 Å². The van der Waals surface area contributed by atoms with Gasteiger partial charge in [0.15, 0.2) is 0 Å². The fourth-order valence-corrected chi connectivity index (χ4v) is 3.10. The molecule has 1 fully saturated rings. The van der Waals surface area contributed by atoms with Crippen LogP contribution in [-0.2, 0) is 6.42 Å². The summed E-state index contributed by atoms with van der Waals surface area (Å²) in [7, 11) is 0. The Morgan fingerprint density at radius 2 is 2.06 bits per heavy atom. The molecule has 2 aromatic rings. The third kappa shape index (κ3) is 2.15. The number of hydrogen-bond acceptors (Lipinski definition) is 1. The molecule has 1 aromatic carbocycles. The van der Waals surface area contributed by atoms with Gasteiger partial charge < -0.3 is 10.3 Å². The Morgan fingerprint density at radius 1 is 1.28 bits per heavy atom. The molecule has 0 bridgehead atoms. The molecular weight excluding hydrogens is 244 g/mol. The maximum Gasteiger partial charge on any atom is 0.0501 e. The van der Waals surface area contributed by atoms with Crippen molar-refractivity contribution >= 4 is 22.5 Å². The minimum atomic E-state index is 0.821. The van der Waals surface area contributed by atoms with Gasteiger partial charge >= 0.3 is 0 Å². The van der Waals surface area contributed by atoms with E-state index in [2.05, 4.69) is 29.5 Å². The molecule has 0 saturated carbocycles. The van der Waals surface area contributed by atoms with Crippen LogP contribution in [0.15, 0.2) is 18.3 Å². The van der Waals surface area contributed by atoms with E-state index < -0.39 is 0 Å². The number of piperidine rings is 1. The summed E-state index contributed by atoms with van der Waals surface area (Å²) in [5.74, 6) is 0.821. The summed E-state index contributed by atoms with van der Waals surface area (Å²) in [6.45, 7) is 4.41. The number of aromatic nitrogens is 1. The van der Waals surface area contributed by atoms with Crippen LogP contribution < -0.4 is 5.32 Å². The molecule has 0 aliphatic carbocycles. The van der Waals surface area contributed by atoms with Crippen LogP contribution in [0.1, 0.15) is 24.0 Å². The fourth-order valence-electron chi connectivity index (χ4n) is 2.94. The predicted molar refractivity (Wildman–Crippen MR) is 77.3 cm³/mol. The van der Waals surface area contributed by atoms with Crippen molar-refractivity contribution in [3.8, 4) is 0 Å². The van der Waals surface area contributed by atoms with Gasteiger partial charge in [-0.2, -0.15) is 0 Å². The van der Waals surface area contributed by atoms with E-state index in [4.69, 9.17) is 11.6 Å². The van der Waals surface area contributed by atoms with Crippen molar-refractivity contribution in [1.29, 1.82) is 0 Å². The summed E-state index contributed by atoms with van der Waals surface area (Å²) < 4.78 is 0. The Labute approximate surface area is 113 Å². The lowest BCUT2D eigenvalue weighted by Gasteiger charge is -2.22. The number of benzene rings is 1. The fraction of sp³-hybridized carbons (Fsp3) is 0.467. The number of nitrogens with one attached hydrogen (secondary N) is 2. The van der Waals surface area contributed by atoms with Gasteiger partial charge in [-0.05, 0) is 62.4 Å². The molecule has 1 aliphatic heterocycles. The highest BCUT2D eigenvalue weighted by molar-refractivity contribution is 6.32. The van der Waals surface area contributed by atoms with E-state index in [1.807, 2.05) is 6.07 Å². The number of rotatable bonds is 2. The van der Waals surface area contributed by atoms with Crippen molar-refractivity contribution in [2.45, 2.75) is 26.2 Å². The van der Waals surface area contributed by atoms with E-state index in [9.17, 15) is 0 Å². The lowest BCUT2D eigenvalue weighted by atomic mass is 9.91. The van der Waals surface area contributed by atoms with Gasteiger partial charge in [-0.3, -0.25) is 0 Å². The SMILES string of the molecule is Cc1c(Cl)ccc2c(CC3CCNCC3)c[nH]c12. The molecule has 1 aliphatic rings. The molecule has 0 amide bonds. The van der Waals surface area contributed by atoms with E-state index >= 15 is 0 Å². The van der Waals surface area contributed by atoms with Gasteiger partial charge in [-0.1, -0.05) is 17.7 Å². The van der Waals surface area contributed by atoms with Crippen molar-refractivity contribution in [1.82, 2.24) is 10.3 Å². The number of aromatic amines is 1. The van der Waals surface area contributed by atoms with Crippen LogP contribution in [-0.4, -0.2) is 18.1 Å². The van der Waals surface area contributed by atoms with Gasteiger partial charge in [0.1, 0.15) is 0 Å². The molecule has 3 heteroatoms. The van der Waals surface area contributed by atoms with Crippen LogP contribution in [0.2, 0.25) is 5.02 Å². The lowest BCUT2D eigenvalue weighted by Crippen LogP contribution is -2.28. The molecule has 0 spiro atoms. The zero-order chi connectivity index (χ0) is 12.5. The second-order valence-corrected chi connectivity index (χ2v) is 5.71. The molecule has 0 radical (unpaired) electrons. The summed E-state index contributed by atoms with van der Waals surface area (Å²) in [4.78, 5) is 3.39. The first-order chi connectivity index (χ1) is 8.75. The molecule has 1 aromatic heterocycles. The number of hydrogen-bond donors (Lipinski definition) is 2. The average Bonchev–Trinajstić information content (AvgIpc) is 2.79. The third-order valence-corrected chi connectivity index (χ3v) is 4.51. The Balaban J connectivity index is 1.90. The van der Waals surface area contributed by atoms with E-state index in [1.165, 1.54) is 35.7 Å². The standard InChI is InChI=1S/C15H19ClN2/c1-10-14(16)3-2-13-12(9-18-15(10)13)8-11-4-6-17-7-5-11/h2-3,9,11,17-18H,4-8H2,1H3. The second kappa shape index (κ2) is 4.94. The zero-order valence-corrected chi connectivity index (χ0v) is 11.5. The van der Waals surface area contributed by atoms with Gasteiger partial charge in [-0.25, -0.2) is 0 Å². The molecule has 18 heavy (non-hydrogen) atoms. The molecule has 3 rings (SSSR count). The lowest BCUT2D eigenvalue weighted by molar-refractivity contribution is 0.373. The zero-order valence-electron chi connectivity index (χ0n) is 10.7. The van der Waals surface area contributed by atoms with E-state index in [1.54, 1.807) is 0 Å². The predicted octanol–water partition coefficient (Wildman–Crippen LogP) is 3.67. The maximum atomic E-state index is 6.16. The van der Waals surface area contributed by atoms with Gasteiger partial charge in [0.25, 0.3) is 0 Å². The summed E-state index contributed by atoms with van der Waals surface area (Å²) in [6.07, 6.45) is 5.93. The molecule has 2 nitrogen and oxygen atoms in total. The highest BCUT2D eigenvalue weighted by Gasteiger charge is 2.16. The van der Waals surface area contributed by atoms with Gasteiger partial charge in [0.2, 0.25) is 0 Å². The van der Waals surface area contributed by atoms with E-state index in [0.29, 0.717) is 0 Å². The first kappa shape index (κ1) is 12.1. The van der Waals surface area contributed by atoms with Crippen LogP contribution >= 0.6 is 11.6 Å². The molecule has 1 saturated heterocycles. The van der Waals surface area contributed by atoms with Crippen LogP contribution in [0.3, 0.4) is 0 Å². The van der Waals surface area contributed by atoms with E-state index in [-0.39, 0.29) is 0 Å². The molecule has 0 atom stereocenters. The summed E-state index contributed by atoms with van der Waals surface area (Å²) >= 11 is 6.16. The Morgan fingerprint density at radius 3 is 2.83 bits per heavy atom. The largest absolute Gasteiger partial charge is 0.361 e. The Kier molecular flexibility index (Phi) is 3.31. The van der Waals surface area contributed by atoms with Gasteiger partial charge in [0, 0.05) is 16.6 Å². The highest BCUT2D eigenvalue weighted by Crippen LogP contribution is 2.29. The number of halogens is 1. The van der Waals surface area contributed by atoms with Crippen molar-refractivity contribution < 1.29 is 0 Å². The molecular formula is C15H19ClN2. The van der Waals surface area contributed by atoms with Gasteiger partial charge in [0.05, 0.1) is 5.52 Å². The molecule has 2 heterocycles. The third-order valence-electron chi connectivity index (χ3n) is 4.10. The second-order valence-electron chi connectivity index (χ2n) is 5.31. The summed E-state index contributed by atoms with van der Waals surface area (Å²) in [6, 6.07) is 4.16. The van der Waals surface area contributed by atoms with Crippen molar-refractivity contribution in [3.05, 3.63) is 34.5 Å². The number of fused-ring (bicyclic) bond motifs is 1.